The lowest BCUT2D eigenvalue weighted by Gasteiger charge is -2.26. The van der Waals surface area contributed by atoms with Crippen LogP contribution in [0.1, 0.15) is 59.8 Å². The van der Waals surface area contributed by atoms with Crippen LogP contribution in [0.3, 0.4) is 0 Å². The maximum atomic E-state index is 12.9. The molecule has 0 aromatic heterocycles. The zero-order valence-corrected chi connectivity index (χ0v) is 23.0. The molecular weight excluding hydrogens is 534 g/mol. The van der Waals surface area contributed by atoms with Crippen LogP contribution in [0.15, 0.2) is 0 Å². The summed E-state index contributed by atoms with van der Waals surface area (Å²) < 4.78 is 0. The summed E-state index contributed by atoms with van der Waals surface area (Å²) in [5, 5.41) is 46.0. The maximum Gasteiger partial charge on any atom is 0.326 e. The number of aliphatic hydroxyl groups is 1. The summed E-state index contributed by atoms with van der Waals surface area (Å²) in [7, 11) is 0. The number of carbonyl (C=O) groups is 7. The van der Waals surface area contributed by atoms with Crippen molar-refractivity contribution in [1.29, 1.82) is 0 Å². The average molecular weight is 576 g/mol. The highest BCUT2D eigenvalue weighted by atomic mass is 16.4. The molecule has 0 aromatic carbocycles. The summed E-state index contributed by atoms with van der Waals surface area (Å²) in [6.07, 6.45) is -1.35. The number of hydrogen-bond acceptors (Lipinski definition) is 9. The Kier molecular flexibility index (Phi) is 16.0. The quantitative estimate of drug-likeness (QED) is 0.0791. The number of aliphatic hydroxyl groups excluding tert-OH is 1. The number of rotatable bonds is 19. The Morgan fingerprint density at radius 1 is 0.675 bits per heavy atom. The second-order valence-electron chi connectivity index (χ2n) is 9.71. The molecule has 0 spiro atoms. The highest BCUT2D eigenvalue weighted by Gasteiger charge is 2.33. The van der Waals surface area contributed by atoms with Gasteiger partial charge in [0, 0.05) is 12.8 Å². The molecule has 40 heavy (non-hydrogen) atoms. The van der Waals surface area contributed by atoms with E-state index in [0.717, 1.165) is 0 Å². The third-order valence-corrected chi connectivity index (χ3v) is 6.17. The van der Waals surface area contributed by atoms with Gasteiger partial charge in [-0.3, -0.25) is 28.8 Å². The lowest BCUT2D eigenvalue weighted by Crippen LogP contribution is -2.60. The molecule has 0 saturated carbocycles. The van der Waals surface area contributed by atoms with Crippen molar-refractivity contribution in [2.24, 2.45) is 17.6 Å². The summed E-state index contributed by atoms with van der Waals surface area (Å²) in [6, 6.07) is -7.01. The third kappa shape index (κ3) is 12.8. The average Bonchev–Trinajstić information content (AvgIpc) is 2.88. The largest absolute Gasteiger partial charge is 0.481 e. The summed E-state index contributed by atoms with van der Waals surface area (Å²) in [5.41, 5.74) is 5.88. The predicted octanol–water partition coefficient (Wildman–Crippen LogP) is -2.24. The summed E-state index contributed by atoms with van der Waals surface area (Å²) in [4.78, 5) is 84.5. The van der Waals surface area contributed by atoms with Crippen LogP contribution in [-0.4, -0.2) is 98.8 Å². The Morgan fingerprint density at radius 2 is 1.07 bits per heavy atom. The van der Waals surface area contributed by atoms with Crippen molar-refractivity contribution in [3.8, 4) is 0 Å². The van der Waals surface area contributed by atoms with Gasteiger partial charge in [0.15, 0.2) is 0 Å². The fourth-order valence-corrected chi connectivity index (χ4v) is 3.36. The molecule has 0 bridgehead atoms. The molecular formula is C24H41N5O11. The van der Waals surface area contributed by atoms with Crippen LogP contribution in [0.5, 0.6) is 0 Å². The summed E-state index contributed by atoms with van der Waals surface area (Å²) >= 11 is 0. The third-order valence-electron chi connectivity index (χ3n) is 6.17. The molecule has 16 heteroatoms. The van der Waals surface area contributed by atoms with Crippen molar-refractivity contribution in [1.82, 2.24) is 21.3 Å². The fourth-order valence-electron chi connectivity index (χ4n) is 3.36. The number of carboxylic acid groups (broad SMARTS) is 3. The van der Waals surface area contributed by atoms with Gasteiger partial charge in [0.05, 0.1) is 12.6 Å². The Balaban J connectivity index is 5.72. The Morgan fingerprint density at radius 3 is 1.45 bits per heavy atom. The smallest absolute Gasteiger partial charge is 0.326 e. The van der Waals surface area contributed by atoms with Gasteiger partial charge in [-0.15, -0.1) is 0 Å². The molecule has 4 amide bonds. The van der Waals surface area contributed by atoms with Crippen LogP contribution in [0.25, 0.3) is 0 Å². The normalized spacial score (nSPS) is 15.5. The van der Waals surface area contributed by atoms with Gasteiger partial charge in [0.25, 0.3) is 0 Å². The molecule has 0 aliphatic rings. The van der Waals surface area contributed by atoms with E-state index in [-0.39, 0.29) is 12.3 Å². The van der Waals surface area contributed by atoms with Gasteiger partial charge < -0.3 is 47.4 Å². The first-order valence-corrected chi connectivity index (χ1v) is 12.8. The van der Waals surface area contributed by atoms with E-state index in [9.17, 15) is 43.8 Å². The molecule has 16 nitrogen and oxygen atoms in total. The first-order chi connectivity index (χ1) is 18.5. The van der Waals surface area contributed by atoms with Crippen molar-refractivity contribution >= 4 is 41.5 Å². The molecule has 0 aromatic rings. The molecule has 0 fully saturated rings. The lowest BCUT2D eigenvalue weighted by molar-refractivity contribution is -0.144. The zero-order chi connectivity index (χ0) is 31.2. The number of nitrogens with one attached hydrogen (secondary N) is 4. The van der Waals surface area contributed by atoms with Gasteiger partial charge in [0.2, 0.25) is 23.6 Å². The second-order valence-corrected chi connectivity index (χ2v) is 9.71. The number of hydrogen-bond donors (Lipinski definition) is 9. The standard InChI is InChI=1S/C24H41N5O11/c1-5-12(4)18(25)23(38)27-13(6-8-16(31)32)20(35)28-15(10-30)22(37)26-14(7-9-17(33)34)21(36)29-19(11(2)3)24(39)40/h11-15,18-19,30H,5-10,25H2,1-4H3,(H,26,37)(H,27,38)(H,28,35)(H,29,36)(H,31,32)(H,33,34)(H,39,40)/t12-,13-,14-,15-,18-,19-/m0/s1. The van der Waals surface area contributed by atoms with Gasteiger partial charge in [-0.05, 0) is 24.7 Å². The maximum absolute atomic E-state index is 12.9. The highest BCUT2D eigenvalue weighted by molar-refractivity contribution is 5.95. The van der Waals surface area contributed by atoms with Gasteiger partial charge >= 0.3 is 17.9 Å². The minimum absolute atomic E-state index is 0.260. The number of aliphatic carboxylic acids is 3. The lowest BCUT2D eigenvalue weighted by atomic mass is 9.98. The van der Waals surface area contributed by atoms with E-state index in [1.54, 1.807) is 13.8 Å². The number of amides is 4. The van der Waals surface area contributed by atoms with Crippen LogP contribution in [0.4, 0.5) is 0 Å². The molecule has 0 rings (SSSR count). The van der Waals surface area contributed by atoms with Gasteiger partial charge in [-0.1, -0.05) is 34.1 Å². The van der Waals surface area contributed by atoms with Crippen molar-refractivity contribution in [2.75, 3.05) is 6.61 Å². The number of nitrogens with two attached hydrogens (primary N) is 1. The van der Waals surface area contributed by atoms with Crippen molar-refractivity contribution in [3.63, 3.8) is 0 Å². The van der Waals surface area contributed by atoms with E-state index in [2.05, 4.69) is 21.3 Å². The van der Waals surface area contributed by atoms with Crippen LogP contribution in [0, 0.1) is 11.8 Å². The van der Waals surface area contributed by atoms with E-state index in [0.29, 0.717) is 6.42 Å². The van der Waals surface area contributed by atoms with E-state index < -0.39 is 104 Å². The van der Waals surface area contributed by atoms with Gasteiger partial charge in [0.1, 0.15) is 24.2 Å². The SMILES string of the molecule is CC[C@H](C)[C@H](N)C(=O)N[C@@H](CCC(=O)O)C(=O)N[C@@H](CO)C(=O)N[C@@H](CCC(=O)O)C(=O)N[C@H](C(=O)O)C(C)C. The van der Waals surface area contributed by atoms with E-state index in [1.807, 2.05) is 0 Å². The number of carboxylic acids is 3. The molecule has 0 unspecified atom stereocenters. The molecule has 228 valence electrons. The molecule has 0 aliphatic carbocycles. The van der Waals surface area contributed by atoms with Crippen molar-refractivity contribution in [2.45, 2.75) is 90.0 Å². The monoisotopic (exact) mass is 575 g/mol. The molecule has 10 N–H and O–H groups in total. The first-order valence-electron chi connectivity index (χ1n) is 12.8. The summed E-state index contributed by atoms with van der Waals surface area (Å²) in [6.45, 7) is 5.57. The molecule has 0 radical (unpaired) electrons. The van der Waals surface area contributed by atoms with E-state index >= 15 is 0 Å². The van der Waals surface area contributed by atoms with Crippen LogP contribution in [-0.2, 0) is 33.6 Å². The minimum atomic E-state index is -1.69. The van der Waals surface area contributed by atoms with Crippen LogP contribution >= 0.6 is 0 Å². The Labute approximate surface area is 231 Å². The molecule has 0 heterocycles. The highest BCUT2D eigenvalue weighted by Crippen LogP contribution is 2.08. The number of carbonyl (C=O) groups excluding carboxylic acids is 4. The Bertz CT molecular complexity index is 927. The van der Waals surface area contributed by atoms with Crippen LogP contribution < -0.4 is 27.0 Å². The van der Waals surface area contributed by atoms with E-state index in [1.165, 1.54) is 13.8 Å². The first kappa shape index (κ1) is 36.2. The molecule has 6 atom stereocenters. The van der Waals surface area contributed by atoms with Gasteiger partial charge in [-0.25, -0.2) is 4.79 Å². The minimum Gasteiger partial charge on any atom is -0.481 e. The second kappa shape index (κ2) is 17.7. The zero-order valence-electron chi connectivity index (χ0n) is 23.0. The molecule has 0 saturated heterocycles. The topological polar surface area (TPSA) is 275 Å². The predicted molar refractivity (Wildman–Crippen MR) is 138 cm³/mol. The fraction of sp³-hybridized carbons (Fsp3) is 0.708. The summed E-state index contributed by atoms with van der Waals surface area (Å²) in [5.74, 6) is -8.58. The Hall–Kier alpha value is -3.79. The van der Waals surface area contributed by atoms with E-state index in [4.69, 9.17) is 15.9 Å². The van der Waals surface area contributed by atoms with Crippen LogP contribution in [0.2, 0.25) is 0 Å². The molecule has 0 aliphatic heterocycles. The van der Waals surface area contributed by atoms with Crippen molar-refractivity contribution in [3.05, 3.63) is 0 Å². The van der Waals surface area contributed by atoms with Crippen molar-refractivity contribution < 1.29 is 54.0 Å². The van der Waals surface area contributed by atoms with Gasteiger partial charge in [-0.2, -0.15) is 0 Å².